The van der Waals surface area contributed by atoms with Crippen molar-refractivity contribution in [2.45, 2.75) is 6.42 Å². The third-order valence-corrected chi connectivity index (χ3v) is 5.30. The van der Waals surface area contributed by atoms with Gasteiger partial charge in [-0.1, -0.05) is 12.1 Å². The van der Waals surface area contributed by atoms with Gasteiger partial charge in [-0.05, 0) is 43.3 Å². The minimum absolute atomic E-state index is 0.00705. The third-order valence-electron chi connectivity index (χ3n) is 5.30. The number of amides is 2. The lowest BCUT2D eigenvalue weighted by Gasteiger charge is -2.36. The summed E-state index contributed by atoms with van der Waals surface area (Å²) in [4.78, 5) is 39.1. The number of ether oxygens (including phenoxy) is 1. The Labute approximate surface area is 186 Å². The Morgan fingerprint density at radius 1 is 1.03 bits per heavy atom. The number of piperazine rings is 1. The molecule has 32 heavy (non-hydrogen) atoms. The highest BCUT2D eigenvalue weighted by atomic mass is 16.6. The van der Waals surface area contributed by atoms with Gasteiger partial charge in [0.2, 0.25) is 0 Å². The van der Waals surface area contributed by atoms with Gasteiger partial charge in [-0.25, -0.2) is 0 Å². The number of methoxy groups -OCH3 is 1. The minimum atomic E-state index is -0.924. The number of benzene rings is 2. The molecule has 0 aromatic heterocycles. The summed E-state index contributed by atoms with van der Waals surface area (Å²) in [6.45, 7) is 4.81. The Morgan fingerprint density at radius 3 is 2.38 bits per heavy atom. The van der Waals surface area contributed by atoms with Gasteiger partial charge in [-0.3, -0.25) is 24.6 Å². The number of nitro benzene ring substituents is 1. The van der Waals surface area contributed by atoms with E-state index in [-0.39, 0.29) is 11.4 Å². The third kappa shape index (κ3) is 6.17. The first-order valence-electron chi connectivity index (χ1n) is 10.4. The van der Waals surface area contributed by atoms with E-state index in [2.05, 4.69) is 32.6 Å². The van der Waals surface area contributed by atoms with Gasteiger partial charge < -0.3 is 20.3 Å². The molecule has 1 fully saturated rings. The molecule has 1 saturated heterocycles. The molecule has 2 amide bonds. The lowest BCUT2D eigenvalue weighted by molar-refractivity contribution is -0.383. The molecule has 0 bridgehead atoms. The van der Waals surface area contributed by atoms with Crippen molar-refractivity contribution in [2.24, 2.45) is 0 Å². The summed E-state index contributed by atoms with van der Waals surface area (Å²) >= 11 is 0. The second-order valence-electron chi connectivity index (χ2n) is 7.36. The van der Waals surface area contributed by atoms with E-state index >= 15 is 0 Å². The number of carbonyl (C=O) groups excluding carboxylic acids is 2. The topological polar surface area (TPSA) is 117 Å². The Morgan fingerprint density at radius 2 is 1.72 bits per heavy atom. The first-order chi connectivity index (χ1) is 15.5. The summed E-state index contributed by atoms with van der Waals surface area (Å²) in [7, 11) is 1.65. The molecule has 0 radical (unpaired) electrons. The summed E-state index contributed by atoms with van der Waals surface area (Å²) in [6, 6.07) is 13.7. The number of anilines is 2. The molecule has 3 rings (SSSR count). The van der Waals surface area contributed by atoms with Crippen LogP contribution >= 0.6 is 0 Å². The predicted octanol–water partition coefficient (Wildman–Crippen LogP) is 1.87. The van der Waals surface area contributed by atoms with Crippen molar-refractivity contribution in [2.75, 3.05) is 56.6 Å². The molecule has 1 aliphatic heterocycles. The van der Waals surface area contributed by atoms with E-state index in [1.54, 1.807) is 13.2 Å². The predicted molar refractivity (Wildman–Crippen MR) is 121 cm³/mol. The van der Waals surface area contributed by atoms with E-state index in [4.69, 9.17) is 4.74 Å². The molecule has 170 valence electrons. The SMILES string of the molecule is COc1ccc(N2CCN(CCCNC(=O)C(=O)Nc3ccccc3[N+](=O)[O-])CC2)cc1. The molecule has 0 spiro atoms. The average Bonchev–Trinajstić information content (AvgIpc) is 2.82. The maximum atomic E-state index is 12.0. The number of para-hydroxylation sites is 2. The van der Waals surface area contributed by atoms with Gasteiger partial charge in [-0.15, -0.1) is 0 Å². The van der Waals surface area contributed by atoms with Crippen LogP contribution in [0.2, 0.25) is 0 Å². The van der Waals surface area contributed by atoms with Crippen LogP contribution in [0.4, 0.5) is 17.1 Å². The maximum absolute atomic E-state index is 12.0. The van der Waals surface area contributed by atoms with E-state index in [1.165, 1.54) is 23.9 Å². The van der Waals surface area contributed by atoms with E-state index in [0.29, 0.717) is 13.0 Å². The number of nitro groups is 1. The zero-order valence-corrected chi connectivity index (χ0v) is 18.0. The summed E-state index contributed by atoms with van der Waals surface area (Å²) < 4.78 is 5.20. The smallest absolute Gasteiger partial charge is 0.313 e. The first-order valence-corrected chi connectivity index (χ1v) is 10.4. The normalized spacial score (nSPS) is 14.0. The minimum Gasteiger partial charge on any atom is -0.497 e. The summed E-state index contributed by atoms with van der Waals surface area (Å²) in [5.41, 5.74) is 0.900. The van der Waals surface area contributed by atoms with Crippen LogP contribution in [0.15, 0.2) is 48.5 Å². The second-order valence-corrected chi connectivity index (χ2v) is 7.36. The number of nitrogens with zero attached hydrogens (tertiary/aromatic N) is 3. The average molecular weight is 441 g/mol. The number of rotatable bonds is 8. The Hall–Kier alpha value is -3.66. The summed E-state index contributed by atoms with van der Waals surface area (Å²) in [5, 5.41) is 15.9. The van der Waals surface area contributed by atoms with Crippen LogP contribution in [0.25, 0.3) is 0 Å². The molecule has 1 heterocycles. The van der Waals surface area contributed by atoms with Gasteiger partial charge in [0.1, 0.15) is 11.4 Å². The van der Waals surface area contributed by atoms with Gasteiger partial charge in [0.25, 0.3) is 5.69 Å². The molecule has 0 atom stereocenters. The largest absolute Gasteiger partial charge is 0.497 e. The summed E-state index contributed by atoms with van der Waals surface area (Å²) in [5.74, 6) is -0.898. The number of hydrogen-bond acceptors (Lipinski definition) is 7. The molecule has 2 aromatic carbocycles. The van der Waals surface area contributed by atoms with Crippen LogP contribution in [-0.4, -0.2) is 68.0 Å². The van der Waals surface area contributed by atoms with Crippen molar-refractivity contribution < 1.29 is 19.2 Å². The standard InChI is InChI=1S/C22H27N5O5/c1-32-18-9-7-17(8-10-18)26-15-13-25(14-16-26)12-4-11-23-21(28)22(29)24-19-5-2-3-6-20(19)27(30)31/h2-3,5-10H,4,11-16H2,1H3,(H,23,28)(H,24,29). The van der Waals surface area contributed by atoms with Crippen molar-refractivity contribution in [3.05, 3.63) is 58.6 Å². The van der Waals surface area contributed by atoms with Gasteiger partial charge in [0, 0.05) is 44.5 Å². The van der Waals surface area contributed by atoms with Crippen molar-refractivity contribution >= 4 is 28.9 Å². The van der Waals surface area contributed by atoms with Crippen molar-refractivity contribution in [3.8, 4) is 5.75 Å². The fourth-order valence-corrected chi connectivity index (χ4v) is 3.53. The molecular formula is C22H27N5O5. The highest BCUT2D eigenvalue weighted by Crippen LogP contribution is 2.23. The van der Waals surface area contributed by atoms with Gasteiger partial charge in [0.15, 0.2) is 0 Å². The van der Waals surface area contributed by atoms with Crippen LogP contribution in [0, 0.1) is 10.1 Å². The zero-order valence-electron chi connectivity index (χ0n) is 18.0. The molecule has 2 N–H and O–H groups in total. The molecule has 0 unspecified atom stereocenters. The van der Waals surface area contributed by atoms with E-state index in [1.807, 2.05) is 12.1 Å². The van der Waals surface area contributed by atoms with Crippen molar-refractivity contribution in [1.82, 2.24) is 10.2 Å². The van der Waals surface area contributed by atoms with Gasteiger partial charge in [-0.2, -0.15) is 0 Å². The van der Waals surface area contributed by atoms with Crippen LogP contribution in [0.5, 0.6) is 5.75 Å². The number of nitrogens with one attached hydrogen (secondary N) is 2. The van der Waals surface area contributed by atoms with E-state index in [9.17, 15) is 19.7 Å². The summed E-state index contributed by atoms with van der Waals surface area (Å²) in [6.07, 6.45) is 0.701. The van der Waals surface area contributed by atoms with Crippen LogP contribution in [-0.2, 0) is 9.59 Å². The second kappa shape index (κ2) is 11.1. The lowest BCUT2D eigenvalue weighted by Crippen LogP contribution is -2.47. The Balaban J connectivity index is 1.35. The first kappa shape index (κ1) is 23.0. The highest BCUT2D eigenvalue weighted by Gasteiger charge is 2.20. The van der Waals surface area contributed by atoms with Crippen LogP contribution in [0.3, 0.4) is 0 Å². The van der Waals surface area contributed by atoms with Crippen molar-refractivity contribution in [1.29, 1.82) is 0 Å². The van der Waals surface area contributed by atoms with Gasteiger partial charge in [0.05, 0.1) is 12.0 Å². The van der Waals surface area contributed by atoms with Gasteiger partial charge >= 0.3 is 11.8 Å². The molecular weight excluding hydrogens is 414 g/mol. The maximum Gasteiger partial charge on any atom is 0.313 e. The van der Waals surface area contributed by atoms with Crippen LogP contribution < -0.4 is 20.3 Å². The molecule has 0 saturated carbocycles. The molecule has 0 aliphatic carbocycles. The Kier molecular flexibility index (Phi) is 7.98. The lowest BCUT2D eigenvalue weighted by atomic mass is 10.2. The quantitative estimate of drug-likeness (QED) is 0.278. The monoisotopic (exact) mass is 441 g/mol. The number of carbonyl (C=O) groups is 2. The Bertz CT molecular complexity index is 942. The molecule has 2 aromatic rings. The highest BCUT2D eigenvalue weighted by molar-refractivity contribution is 6.39. The zero-order chi connectivity index (χ0) is 22.9. The fourth-order valence-electron chi connectivity index (χ4n) is 3.53. The van der Waals surface area contributed by atoms with Crippen molar-refractivity contribution in [3.63, 3.8) is 0 Å². The molecule has 1 aliphatic rings. The number of hydrogen-bond donors (Lipinski definition) is 2. The fraction of sp³-hybridized carbons (Fsp3) is 0.364. The van der Waals surface area contributed by atoms with Crippen LogP contribution in [0.1, 0.15) is 6.42 Å². The van der Waals surface area contributed by atoms with E-state index in [0.717, 1.165) is 38.5 Å². The molecule has 10 nitrogen and oxygen atoms in total. The molecule has 10 heteroatoms. The van der Waals surface area contributed by atoms with E-state index < -0.39 is 16.7 Å².